The van der Waals surface area contributed by atoms with E-state index in [4.69, 9.17) is 0 Å². The first-order valence-electron chi connectivity index (χ1n) is 11.7. The Hall–Kier alpha value is -4.13. The predicted octanol–water partition coefficient (Wildman–Crippen LogP) is 4.49. The SMILES string of the molecule is CCN(CC)C(=O)c1cccc(NC(=O)CNc2cccc(C(=O)N(C)Cc3ccccc3)c2)c1. The Morgan fingerprint density at radius 1 is 0.743 bits per heavy atom. The van der Waals surface area contributed by atoms with Crippen LogP contribution in [0.15, 0.2) is 78.9 Å². The lowest BCUT2D eigenvalue weighted by Crippen LogP contribution is -2.30. The van der Waals surface area contributed by atoms with Gasteiger partial charge in [0.05, 0.1) is 6.54 Å². The minimum atomic E-state index is -0.254. The van der Waals surface area contributed by atoms with Crippen molar-refractivity contribution in [2.24, 2.45) is 0 Å². The normalized spacial score (nSPS) is 10.4. The molecule has 0 aromatic heterocycles. The minimum absolute atomic E-state index is 0.0196. The summed E-state index contributed by atoms with van der Waals surface area (Å²) < 4.78 is 0. The number of benzene rings is 3. The molecule has 0 aliphatic rings. The highest BCUT2D eigenvalue weighted by atomic mass is 16.2. The highest BCUT2D eigenvalue weighted by molar-refractivity contribution is 5.98. The molecule has 7 nitrogen and oxygen atoms in total. The molecule has 0 atom stereocenters. The van der Waals surface area contributed by atoms with E-state index in [-0.39, 0.29) is 24.3 Å². The van der Waals surface area contributed by atoms with E-state index in [2.05, 4.69) is 10.6 Å². The van der Waals surface area contributed by atoms with Crippen molar-refractivity contribution in [3.63, 3.8) is 0 Å². The van der Waals surface area contributed by atoms with Gasteiger partial charge in [0.1, 0.15) is 0 Å². The standard InChI is InChI=1S/C28H32N4O3/c1-4-32(5-2)28(35)23-14-10-16-25(18-23)30-26(33)19-29-24-15-9-13-22(17-24)27(34)31(3)20-21-11-7-6-8-12-21/h6-18,29H,4-5,19-20H2,1-3H3,(H,30,33). The van der Waals surface area contributed by atoms with Gasteiger partial charge in [0.25, 0.3) is 11.8 Å². The second kappa shape index (κ2) is 12.4. The lowest BCUT2D eigenvalue weighted by atomic mass is 10.1. The van der Waals surface area contributed by atoms with Crippen molar-refractivity contribution in [3.05, 3.63) is 95.6 Å². The van der Waals surface area contributed by atoms with Crippen molar-refractivity contribution < 1.29 is 14.4 Å². The second-order valence-electron chi connectivity index (χ2n) is 8.19. The molecular weight excluding hydrogens is 440 g/mol. The fourth-order valence-electron chi connectivity index (χ4n) is 3.72. The van der Waals surface area contributed by atoms with E-state index >= 15 is 0 Å². The van der Waals surface area contributed by atoms with Gasteiger partial charge in [0.15, 0.2) is 0 Å². The van der Waals surface area contributed by atoms with E-state index in [1.54, 1.807) is 59.3 Å². The van der Waals surface area contributed by atoms with E-state index in [1.165, 1.54) is 0 Å². The zero-order chi connectivity index (χ0) is 25.2. The monoisotopic (exact) mass is 472 g/mol. The molecule has 3 rings (SSSR count). The molecule has 0 aliphatic carbocycles. The summed E-state index contributed by atoms with van der Waals surface area (Å²) >= 11 is 0. The summed E-state index contributed by atoms with van der Waals surface area (Å²) in [6.07, 6.45) is 0. The molecule has 0 radical (unpaired) electrons. The number of carbonyl (C=O) groups is 3. The molecule has 0 aliphatic heterocycles. The second-order valence-corrected chi connectivity index (χ2v) is 8.19. The Kier molecular flexibility index (Phi) is 9.01. The molecular formula is C28H32N4O3. The van der Waals surface area contributed by atoms with Crippen molar-refractivity contribution in [2.45, 2.75) is 20.4 Å². The Morgan fingerprint density at radius 3 is 2.00 bits per heavy atom. The average Bonchev–Trinajstić information content (AvgIpc) is 2.88. The van der Waals surface area contributed by atoms with Crippen molar-refractivity contribution in [1.29, 1.82) is 0 Å². The summed E-state index contributed by atoms with van der Waals surface area (Å²) in [7, 11) is 1.77. The number of hydrogen-bond acceptors (Lipinski definition) is 4. The van der Waals surface area contributed by atoms with Crippen LogP contribution in [0.1, 0.15) is 40.1 Å². The van der Waals surface area contributed by atoms with Gasteiger partial charge in [0, 0.05) is 49.2 Å². The van der Waals surface area contributed by atoms with Crippen molar-refractivity contribution >= 4 is 29.1 Å². The van der Waals surface area contributed by atoms with E-state index in [0.717, 1.165) is 5.56 Å². The lowest BCUT2D eigenvalue weighted by molar-refractivity contribution is -0.114. The van der Waals surface area contributed by atoms with Gasteiger partial charge in [-0.2, -0.15) is 0 Å². The molecule has 3 aromatic carbocycles. The van der Waals surface area contributed by atoms with Crippen LogP contribution in [0, 0.1) is 0 Å². The number of anilines is 2. The number of rotatable bonds is 10. The van der Waals surface area contributed by atoms with Crippen LogP contribution in [0.4, 0.5) is 11.4 Å². The maximum Gasteiger partial charge on any atom is 0.253 e. The fraction of sp³-hybridized carbons (Fsp3) is 0.250. The third kappa shape index (κ3) is 7.17. The Balaban J connectivity index is 1.57. The molecule has 0 fully saturated rings. The topological polar surface area (TPSA) is 81.8 Å². The Bertz CT molecular complexity index is 1160. The van der Waals surface area contributed by atoms with Crippen LogP contribution in [-0.2, 0) is 11.3 Å². The highest BCUT2D eigenvalue weighted by Gasteiger charge is 2.14. The van der Waals surface area contributed by atoms with Crippen LogP contribution in [0.2, 0.25) is 0 Å². The number of nitrogens with one attached hydrogen (secondary N) is 2. The number of nitrogens with zero attached hydrogens (tertiary/aromatic N) is 2. The summed E-state index contributed by atoms with van der Waals surface area (Å²) in [6, 6.07) is 23.8. The van der Waals surface area contributed by atoms with Crippen LogP contribution in [0.25, 0.3) is 0 Å². The van der Waals surface area contributed by atoms with Crippen LogP contribution < -0.4 is 10.6 Å². The van der Waals surface area contributed by atoms with Gasteiger partial charge in [-0.05, 0) is 55.8 Å². The van der Waals surface area contributed by atoms with Gasteiger partial charge in [-0.3, -0.25) is 14.4 Å². The Morgan fingerprint density at radius 2 is 1.34 bits per heavy atom. The summed E-state index contributed by atoms with van der Waals surface area (Å²) in [5, 5.41) is 5.88. The molecule has 0 bridgehead atoms. The van der Waals surface area contributed by atoms with Gasteiger partial charge in [0.2, 0.25) is 5.91 Å². The van der Waals surface area contributed by atoms with E-state index in [9.17, 15) is 14.4 Å². The minimum Gasteiger partial charge on any atom is -0.376 e. The molecule has 182 valence electrons. The molecule has 2 N–H and O–H groups in total. The molecule has 35 heavy (non-hydrogen) atoms. The molecule has 0 heterocycles. The van der Waals surface area contributed by atoms with Crippen molar-refractivity contribution in [2.75, 3.05) is 37.3 Å². The van der Waals surface area contributed by atoms with E-state index < -0.39 is 0 Å². The van der Waals surface area contributed by atoms with E-state index in [0.29, 0.717) is 42.1 Å². The summed E-state index contributed by atoms with van der Waals surface area (Å²) in [6.45, 7) is 5.64. The van der Waals surface area contributed by atoms with E-state index in [1.807, 2.05) is 50.2 Å². The summed E-state index contributed by atoms with van der Waals surface area (Å²) in [5.74, 6) is -0.421. The largest absolute Gasteiger partial charge is 0.376 e. The smallest absolute Gasteiger partial charge is 0.253 e. The molecule has 0 spiro atoms. The molecule has 3 amide bonds. The van der Waals surface area contributed by atoms with Crippen LogP contribution >= 0.6 is 0 Å². The first-order valence-corrected chi connectivity index (χ1v) is 11.7. The summed E-state index contributed by atoms with van der Waals surface area (Å²) in [4.78, 5) is 41.3. The Labute approximate surface area is 206 Å². The predicted molar refractivity (Wildman–Crippen MR) is 139 cm³/mol. The van der Waals surface area contributed by atoms with Gasteiger partial charge in [-0.1, -0.05) is 42.5 Å². The maximum atomic E-state index is 12.8. The van der Waals surface area contributed by atoms with Crippen molar-refractivity contribution in [3.8, 4) is 0 Å². The van der Waals surface area contributed by atoms with Gasteiger partial charge in [-0.25, -0.2) is 0 Å². The molecule has 0 saturated heterocycles. The number of amides is 3. The molecule has 3 aromatic rings. The molecule has 0 saturated carbocycles. The van der Waals surface area contributed by atoms with Crippen molar-refractivity contribution in [1.82, 2.24) is 9.80 Å². The zero-order valence-corrected chi connectivity index (χ0v) is 20.5. The van der Waals surface area contributed by atoms with Crippen LogP contribution in [-0.4, -0.2) is 54.2 Å². The zero-order valence-electron chi connectivity index (χ0n) is 20.5. The third-order valence-corrected chi connectivity index (χ3v) is 5.62. The first kappa shape index (κ1) is 25.5. The molecule has 0 unspecified atom stereocenters. The summed E-state index contributed by atoms with van der Waals surface area (Å²) in [5.41, 5.74) is 3.35. The van der Waals surface area contributed by atoms with Crippen LogP contribution in [0.5, 0.6) is 0 Å². The average molecular weight is 473 g/mol. The highest BCUT2D eigenvalue weighted by Crippen LogP contribution is 2.15. The van der Waals surface area contributed by atoms with Gasteiger partial charge in [-0.15, -0.1) is 0 Å². The third-order valence-electron chi connectivity index (χ3n) is 5.62. The first-order chi connectivity index (χ1) is 16.9. The quantitative estimate of drug-likeness (QED) is 0.456. The maximum absolute atomic E-state index is 12.8. The van der Waals surface area contributed by atoms with Crippen LogP contribution in [0.3, 0.4) is 0 Å². The molecule has 7 heteroatoms. The number of hydrogen-bond donors (Lipinski definition) is 2. The lowest BCUT2D eigenvalue weighted by Gasteiger charge is -2.19. The van der Waals surface area contributed by atoms with Gasteiger partial charge >= 0.3 is 0 Å². The fourth-order valence-corrected chi connectivity index (χ4v) is 3.72. The van der Waals surface area contributed by atoms with Gasteiger partial charge < -0.3 is 20.4 Å². The number of carbonyl (C=O) groups excluding carboxylic acids is 3.